The summed E-state index contributed by atoms with van der Waals surface area (Å²) in [5.74, 6) is -2.25. The van der Waals surface area contributed by atoms with Gasteiger partial charge in [0.15, 0.2) is 0 Å². The molecular formula is C14H14N2O4S. The smallest absolute Gasteiger partial charge is 0.326 e. The van der Waals surface area contributed by atoms with Gasteiger partial charge < -0.3 is 16.2 Å². The van der Waals surface area contributed by atoms with Gasteiger partial charge in [0.1, 0.15) is 6.04 Å². The zero-order chi connectivity index (χ0) is 15.4. The third kappa shape index (κ3) is 3.79. The van der Waals surface area contributed by atoms with Crippen LogP contribution in [-0.2, 0) is 9.59 Å². The van der Waals surface area contributed by atoms with Crippen LogP contribution in [0.4, 0.5) is 0 Å². The number of carboxylic acid groups (broad SMARTS) is 1. The number of carbonyl (C=O) groups excluding carboxylic acids is 2. The molecule has 2 rings (SSSR count). The molecule has 21 heavy (non-hydrogen) atoms. The summed E-state index contributed by atoms with van der Waals surface area (Å²) < 4.78 is 0.951. The third-order valence-corrected chi connectivity index (χ3v) is 4.05. The molecule has 0 saturated carbocycles. The topological polar surface area (TPSA) is 109 Å². The number of nitrogens with two attached hydrogens (primary N) is 1. The number of nitrogens with one attached hydrogen (secondary N) is 1. The van der Waals surface area contributed by atoms with Gasteiger partial charge in [-0.1, -0.05) is 18.2 Å². The maximum absolute atomic E-state index is 12.1. The summed E-state index contributed by atoms with van der Waals surface area (Å²) in [7, 11) is 0. The minimum atomic E-state index is -1.19. The first-order chi connectivity index (χ1) is 9.97. The molecular weight excluding hydrogens is 292 g/mol. The molecule has 0 fully saturated rings. The average molecular weight is 306 g/mol. The Labute approximate surface area is 124 Å². The van der Waals surface area contributed by atoms with Crippen LogP contribution in [-0.4, -0.2) is 28.9 Å². The van der Waals surface area contributed by atoms with E-state index in [4.69, 9.17) is 10.8 Å². The van der Waals surface area contributed by atoms with E-state index < -0.39 is 23.8 Å². The standard InChI is InChI=1S/C14H14N2O4S/c15-12(17)6-5-9(14(19)20)16-13(18)11-7-8-3-1-2-4-10(8)21-11/h1-4,7,9H,5-6H2,(H2,15,17)(H,16,18)(H,19,20). The number of fused-ring (bicyclic) bond motifs is 1. The molecule has 1 atom stereocenters. The van der Waals surface area contributed by atoms with Crippen LogP contribution in [0.15, 0.2) is 30.3 Å². The second-order valence-electron chi connectivity index (χ2n) is 4.52. The number of carbonyl (C=O) groups is 3. The molecule has 6 nitrogen and oxygen atoms in total. The molecule has 4 N–H and O–H groups in total. The van der Waals surface area contributed by atoms with E-state index in [1.54, 1.807) is 6.07 Å². The number of amides is 2. The van der Waals surface area contributed by atoms with Crippen molar-refractivity contribution in [1.82, 2.24) is 5.32 Å². The van der Waals surface area contributed by atoms with E-state index in [0.29, 0.717) is 4.88 Å². The molecule has 0 aliphatic heterocycles. The van der Waals surface area contributed by atoms with Crippen molar-refractivity contribution in [2.24, 2.45) is 5.73 Å². The minimum absolute atomic E-state index is 0.0265. The second kappa shape index (κ2) is 6.36. The van der Waals surface area contributed by atoms with E-state index in [1.807, 2.05) is 24.3 Å². The van der Waals surface area contributed by atoms with Crippen LogP contribution in [0.5, 0.6) is 0 Å². The number of carboxylic acids is 1. The van der Waals surface area contributed by atoms with Crippen molar-refractivity contribution in [2.75, 3.05) is 0 Å². The second-order valence-corrected chi connectivity index (χ2v) is 5.60. The van der Waals surface area contributed by atoms with E-state index in [0.717, 1.165) is 10.1 Å². The van der Waals surface area contributed by atoms with Crippen molar-refractivity contribution in [3.8, 4) is 0 Å². The van der Waals surface area contributed by atoms with Crippen molar-refractivity contribution in [2.45, 2.75) is 18.9 Å². The highest BCUT2D eigenvalue weighted by Crippen LogP contribution is 2.25. The maximum atomic E-state index is 12.1. The number of benzene rings is 1. The lowest BCUT2D eigenvalue weighted by molar-refractivity contribution is -0.139. The lowest BCUT2D eigenvalue weighted by Crippen LogP contribution is -2.41. The molecule has 0 saturated heterocycles. The van der Waals surface area contributed by atoms with E-state index in [-0.39, 0.29) is 12.8 Å². The molecule has 2 amide bonds. The molecule has 0 aliphatic carbocycles. The Morgan fingerprint density at radius 3 is 2.62 bits per heavy atom. The van der Waals surface area contributed by atoms with Gasteiger partial charge >= 0.3 is 5.97 Å². The molecule has 1 unspecified atom stereocenters. The van der Waals surface area contributed by atoms with Crippen molar-refractivity contribution in [1.29, 1.82) is 0 Å². The zero-order valence-corrected chi connectivity index (χ0v) is 11.9. The van der Waals surface area contributed by atoms with Crippen LogP contribution in [0.2, 0.25) is 0 Å². The van der Waals surface area contributed by atoms with Gasteiger partial charge in [-0.05, 0) is 23.9 Å². The number of aliphatic carboxylic acids is 1. The Bertz CT molecular complexity index is 662. The van der Waals surface area contributed by atoms with Gasteiger partial charge in [0.2, 0.25) is 5.91 Å². The van der Waals surface area contributed by atoms with Gasteiger partial charge in [-0.15, -0.1) is 11.3 Å². The monoisotopic (exact) mass is 306 g/mol. The summed E-state index contributed by atoms with van der Waals surface area (Å²) in [6, 6.07) is 8.08. The number of primary amides is 1. The molecule has 1 heterocycles. The normalized spacial score (nSPS) is 12.0. The van der Waals surface area contributed by atoms with Gasteiger partial charge in [0.25, 0.3) is 5.91 Å². The first-order valence-corrected chi connectivity index (χ1v) is 7.09. The first kappa shape index (κ1) is 15.0. The minimum Gasteiger partial charge on any atom is -0.480 e. The third-order valence-electron chi connectivity index (χ3n) is 2.93. The Balaban J connectivity index is 2.10. The lowest BCUT2D eigenvalue weighted by Gasteiger charge is -2.12. The van der Waals surface area contributed by atoms with Crippen LogP contribution >= 0.6 is 11.3 Å². The molecule has 0 bridgehead atoms. The lowest BCUT2D eigenvalue weighted by atomic mass is 10.1. The van der Waals surface area contributed by atoms with E-state index in [9.17, 15) is 14.4 Å². The molecule has 0 radical (unpaired) electrons. The number of hydrogen-bond acceptors (Lipinski definition) is 4. The van der Waals surface area contributed by atoms with Crippen molar-refractivity contribution >= 4 is 39.2 Å². The maximum Gasteiger partial charge on any atom is 0.326 e. The Kier molecular flexibility index (Phi) is 4.54. The molecule has 0 aliphatic rings. The highest BCUT2D eigenvalue weighted by Gasteiger charge is 2.22. The van der Waals surface area contributed by atoms with Crippen molar-refractivity contribution < 1.29 is 19.5 Å². The summed E-state index contributed by atoms with van der Waals surface area (Å²) >= 11 is 1.29. The van der Waals surface area contributed by atoms with Crippen molar-refractivity contribution in [3.63, 3.8) is 0 Å². The van der Waals surface area contributed by atoms with E-state index in [2.05, 4.69) is 5.32 Å². The summed E-state index contributed by atoms with van der Waals surface area (Å²) in [4.78, 5) is 34.3. The van der Waals surface area contributed by atoms with Gasteiger partial charge in [0.05, 0.1) is 4.88 Å². The molecule has 1 aromatic carbocycles. The molecule has 110 valence electrons. The van der Waals surface area contributed by atoms with E-state index >= 15 is 0 Å². The Morgan fingerprint density at radius 1 is 1.29 bits per heavy atom. The number of rotatable bonds is 6. The Morgan fingerprint density at radius 2 is 2.00 bits per heavy atom. The quantitative estimate of drug-likeness (QED) is 0.748. The van der Waals surface area contributed by atoms with Crippen LogP contribution in [0.1, 0.15) is 22.5 Å². The predicted octanol–water partition coefficient (Wildman–Crippen LogP) is 1.35. The fourth-order valence-electron chi connectivity index (χ4n) is 1.87. The summed E-state index contributed by atoms with van der Waals surface area (Å²) in [5, 5.41) is 12.4. The number of thiophene rings is 1. The number of hydrogen-bond donors (Lipinski definition) is 3. The SMILES string of the molecule is NC(=O)CCC(NC(=O)c1cc2ccccc2s1)C(=O)O. The highest BCUT2D eigenvalue weighted by molar-refractivity contribution is 7.20. The summed E-state index contributed by atoms with van der Waals surface area (Å²) in [5.41, 5.74) is 4.99. The van der Waals surface area contributed by atoms with Crippen LogP contribution in [0.3, 0.4) is 0 Å². The summed E-state index contributed by atoms with van der Waals surface area (Å²) in [6.45, 7) is 0. The molecule has 1 aromatic heterocycles. The van der Waals surface area contributed by atoms with Gasteiger partial charge in [0, 0.05) is 11.1 Å². The Hall–Kier alpha value is -2.41. The van der Waals surface area contributed by atoms with E-state index in [1.165, 1.54) is 11.3 Å². The van der Waals surface area contributed by atoms with Gasteiger partial charge in [-0.2, -0.15) is 0 Å². The fourth-order valence-corrected chi connectivity index (χ4v) is 2.83. The van der Waals surface area contributed by atoms with Crippen LogP contribution < -0.4 is 11.1 Å². The van der Waals surface area contributed by atoms with Crippen LogP contribution in [0, 0.1) is 0 Å². The fraction of sp³-hybridized carbons (Fsp3) is 0.214. The van der Waals surface area contributed by atoms with Crippen molar-refractivity contribution in [3.05, 3.63) is 35.2 Å². The largest absolute Gasteiger partial charge is 0.480 e. The summed E-state index contributed by atoms with van der Waals surface area (Å²) in [6.07, 6.45) is -0.120. The molecule has 0 spiro atoms. The van der Waals surface area contributed by atoms with Gasteiger partial charge in [-0.25, -0.2) is 4.79 Å². The van der Waals surface area contributed by atoms with Gasteiger partial charge in [-0.3, -0.25) is 9.59 Å². The molecule has 2 aromatic rings. The highest BCUT2D eigenvalue weighted by atomic mass is 32.1. The zero-order valence-electron chi connectivity index (χ0n) is 11.0. The predicted molar refractivity (Wildman–Crippen MR) is 79.1 cm³/mol. The first-order valence-electron chi connectivity index (χ1n) is 6.28. The molecule has 7 heteroatoms. The van der Waals surface area contributed by atoms with Crippen LogP contribution in [0.25, 0.3) is 10.1 Å². The average Bonchev–Trinajstić information content (AvgIpc) is 2.86.